The van der Waals surface area contributed by atoms with Gasteiger partial charge in [-0.25, -0.2) is 0 Å². The number of hydrogen-bond acceptors (Lipinski definition) is 3. The minimum atomic E-state index is -0.239. The van der Waals surface area contributed by atoms with Gasteiger partial charge in [-0.3, -0.25) is 0 Å². The SMILES string of the molecule is COC(/C=C(\C)CSc1ccccc1)OC. The van der Waals surface area contributed by atoms with Crippen LogP contribution in [0, 0.1) is 0 Å². The molecule has 0 atom stereocenters. The second-order valence-electron chi connectivity index (χ2n) is 3.45. The topological polar surface area (TPSA) is 18.5 Å². The average Bonchev–Trinajstić information content (AvgIpc) is 2.34. The van der Waals surface area contributed by atoms with Gasteiger partial charge in [-0.1, -0.05) is 23.8 Å². The van der Waals surface area contributed by atoms with E-state index < -0.39 is 0 Å². The fourth-order valence-electron chi connectivity index (χ4n) is 1.23. The Morgan fingerprint density at radius 1 is 1.25 bits per heavy atom. The van der Waals surface area contributed by atoms with Crippen molar-refractivity contribution in [2.75, 3.05) is 20.0 Å². The summed E-state index contributed by atoms with van der Waals surface area (Å²) in [6, 6.07) is 10.4. The number of thioether (sulfide) groups is 1. The van der Waals surface area contributed by atoms with E-state index in [1.54, 1.807) is 14.2 Å². The summed E-state index contributed by atoms with van der Waals surface area (Å²) >= 11 is 1.81. The summed E-state index contributed by atoms with van der Waals surface area (Å²) in [5.74, 6) is 0.952. The van der Waals surface area contributed by atoms with Crippen LogP contribution in [0.15, 0.2) is 46.9 Å². The second-order valence-corrected chi connectivity index (χ2v) is 4.50. The van der Waals surface area contributed by atoms with Gasteiger partial charge in [0.05, 0.1) is 0 Å². The molecule has 0 heterocycles. The van der Waals surface area contributed by atoms with Crippen molar-refractivity contribution in [2.24, 2.45) is 0 Å². The lowest BCUT2D eigenvalue weighted by molar-refractivity contribution is -0.0670. The van der Waals surface area contributed by atoms with E-state index in [1.807, 2.05) is 23.9 Å². The molecule has 0 aromatic heterocycles. The highest BCUT2D eigenvalue weighted by atomic mass is 32.2. The van der Waals surface area contributed by atoms with Gasteiger partial charge in [-0.15, -0.1) is 11.8 Å². The number of methoxy groups -OCH3 is 2. The summed E-state index contributed by atoms with van der Waals surface area (Å²) in [5, 5.41) is 0. The van der Waals surface area contributed by atoms with Crippen molar-refractivity contribution in [3.05, 3.63) is 42.0 Å². The van der Waals surface area contributed by atoms with E-state index in [-0.39, 0.29) is 6.29 Å². The lowest BCUT2D eigenvalue weighted by Crippen LogP contribution is -2.09. The Hall–Kier alpha value is -0.770. The Labute approximate surface area is 102 Å². The van der Waals surface area contributed by atoms with Crippen LogP contribution in [0.2, 0.25) is 0 Å². The molecule has 3 heteroatoms. The first-order valence-electron chi connectivity index (χ1n) is 5.17. The first kappa shape index (κ1) is 13.3. The Bertz CT molecular complexity index is 318. The molecule has 0 saturated heterocycles. The van der Waals surface area contributed by atoms with Gasteiger partial charge in [-0.05, 0) is 25.1 Å². The largest absolute Gasteiger partial charge is 0.352 e. The molecule has 0 aliphatic heterocycles. The predicted octanol–water partition coefficient (Wildman–Crippen LogP) is 3.34. The van der Waals surface area contributed by atoms with Crippen molar-refractivity contribution >= 4 is 11.8 Å². The molecule has 0 N–H and O–H groups in total. The maximum Gasteiger partial charge on any atom is 0.176 e. The van der Waals surface area contributed by atoms with E-state index in [4.69, 9.17) is 9.47 Å². The zero-order valence-corrected chi connectivity index (χ0v) is 10.8. The summed E-state index contributed by atoms with van der Waals surface area (Å²) in [4.78, 5) is 1.28. The molecule has 0 unspecified atom stereocenters. The summed E-state index contributed by atoms with van der Waals surface area (Å²) in [6.45, 7) is 2.08. The molecule has 0 aliphatic carbocycles. The van der Waals surface area contributed by atoms with Crippen LogP contribution in [0.5, 0.6) is 0 Å². The maximum absolute atomic E-state index is 5.11. The van der Waals surface area contributed by atoms with Crippen molar-refractivity contribution in [3.8, 4) is 0 Å². The van der Waals surface area contributed by atoms with E-state index in [0.29, 0.717) is 0 Å². The van der Waals surface area contributed by atoms with Crippen molar-refractivity contribution in [1.29, 1.82) is 0 Å². The van der Waals surface area contributed by atoms with Crippen LogP contribution >= 0.6 is 11.8 Å². The second kappa shape index (κ2) is 7.49. The Morgan fingerprint density at radius 3 is 2.44 bits per heavy atom. The molecule has 0 saturated carbocycles. The standard InChI is InChI=1S/C13H18O2S/c1-11(9-13(14-2)15-3)10-16-12-7-5-4-6-8-12/h4-9,13H,10H2,1-3H3/b11-9+. The molecular formula is C13H18O2S. The molecule has 0 spiro atoms. The third-order valence-electron chi connectivity index (χ3n) is 2.09. The van der Waals surface area contributed by atoms with Gasteiger partial charge in [0, 0.05) is 24.9 Å². The van der Waals surface area contributed by atoms with Gasteiger partial charge in [0.2, 0.25) is 0 Å². The van der Waals surface area contributed by atoms with Crippen molar-refractivity contribution in [1.82, 2.24) is 0 Å². The molecule has 88 valence electrons. The first-order valence-corrected chi connectivity index (χ1v) is 6.15. The highest BCUT2D eigenvalue weighted by Crippen LogP contribution is 2.20. The highest BCUT2D eigenvalue weighted by Gasteiger charge is 2.01. The molecule has 0 bridgehead atoms. The Kier molecular flexibility index (Phi) is 6.23. The van der Waals surface area contributed by atoms with Crippen LogP contribution in [0.1, 0.15) is 6.92 Å². The maximum atomic E-state index is 5.11. The Morgan fingerprint density at radius 2 is 1.88 bits per heavy atom. The molecule has 2 nitrogen and oxygen atoms in total. The molecule has 0 radical (unpaired) electrons. The summed E-state index contributed by atoms with van der Waals surface area (Å²) in [6.07, 6.45) is 1.76. The van der Waals surface area contributed by atoms with Crippen molar-refractivity contribution in [2.45, 2.75) is 18.1 Å². The number of ether oxygens (including phenoxy) is 2. The van der Waals surface area contributed by atoms with Gasteiger partial charge in [-0.2, -0.15) is 0 Å². The fourth-order valence-corrected chi connectivity index (χ4v) is 2.07. The van der Waals surface area contributed by atoms with Crippen LogP contribution in [0.4, 0.5) is 0 Å². The Balaban J connectivity index is 2.43. The molecular weight excluding hydrogens is 220 g/mol. The summed E-state index contributed by atoms with van der Waals surface area (Å²) in [7, 11) is 3.28. The first-order chi connectivity index (χ1) is 7.76. The highest BCUT2D eigenvalue weighted by molar-refractivity contribution is 7.99. The third-order valence-corrected chi connectivity index (χ3v) is 3.30. The van der Waals surface area contributed by atoms with Gasteiger partial charge in [0.1, 0.15) is 0 Å². The molecule has 1 rings (SSSR count). The number of hydrogen-bond donors (Lipinski definition) is 0. The lowest BCUT2D eigenvalue weighted by Gasteiger charge is -2.10. The minimum Gasteiger partial charge on any atom is -0.352 e. The number of benzene rings is 1. The van der Waals surface area contributed by atoms with Gasteiger partial charge < -0.3 is 9.47 Å². The fraction of sp³-hybridized carbons (Fsp3) is 0.385. The van der Waals surface area contributed by atoms with E-state index in [1.165, 1.54) is 10.5 Å². The number of rotatable bonds is 6. The van der Waals surface area contributed by atoms with Crippen LogP contribution in [-0.4, -0.2) is 26.3 Å². The molecule has 1 aromatic rings. The minimum absolute atomic E-state index is 0.239. The van der Waals surface area contributed by atoms with E-state index in [2.05, 4.69) is 31.2 Å². The van der Waals surface area contributed by atoms with Crippen LogP contribution < -0.4 is 0 Å². The van der Waals surface area contributed by atoms with E-state index in [0.717, 1.165) is 5.75 Å². The summed E-state index contributed by atoms with van der Waals surface area (Å²) in [5.41, 5.74) is 1.25. The monoisotopic (exact) mass is 238 g/mol. The van der Waals surface area contributed by atoms with Gasteiger partial charge >= 0.3 is 0 Å². The molecule has 0 fully saturated rings. The zero-order chi connectivity index (χ0) is 11.8. The van der Waals surface area contributed by atoms with E-state index >= 15 is 0 Å². The van der Waals surface area contributed by atoms with Gasteiger partial charge in [0.25, 0.3) is 0 Å². The normalized spacial score (nSPS) is 12.1. The van der Waals surface area contributed by atoms with Gasteiger partial charge in [0.15, 0.2) is 6.29 Å². The zero-order valence-electron chi connectivity index (χ0n) is 9.97. The molecule has 1 aromatic carbocycles. The average molecular weight is 238 g/mol. The molecule has 0 aliphatic rings. The smallest absolute Gasteiger partial charge is 0.176 e. The molecule has 16 heavy (non-hydrogen) atoms. The summed E-state index contributed by atoms with van der Waals surface area (Å²) < 4.78 is 10.2. The third kappa shape index (κ3) is 4.84. The van der Waals surface area contributed by atoms with Crippen LogP contribution in [-0.2, 0) is 9.47 Å². The predicted molar refractivity (Wildman–Crippen MR) is 68.7 cm³/mol. The van der Waals surface area contributed by atoms with E-state index in [9.17, 15) is 0 Å². The van der Waals surface area contributed by atoms with Crippen molar-refractivity contribution < 1.29 is 9.47 Å². The van der Waals surface area contributed by atoms with Crippen LogP contribution in [0.25, 0.3) is 0 Å². The lowest BCUT2D eigenvalue weighted by atomic mass is 10.3. The molecule has 0 amide bonds. The quantitative estimate of drug-likeness (QED) is 0.430. The van der Waals surface area contributed by atoms with Crippen molar-refractivity contribution in [3.63, 3.8) is 0 Å². The van der Waals surface area contributed by atoms with Crippen LogP contribution in [0.3, 0.4) is 0 Å².